The topological polar surface area (TPSA) is 55.8 Å². The van der Waals surface area contributed by atoms with Crippen molar-refractivity contribution in [3.63, 3.8) is 0 Å². The van der Waals surface area contributed by atoms with Gasteiger partial charge in [0.25, 0.3) is 0 Å². The predicted molar refractivity (Wildman–Crippen MR) is 81.4 cm³/mol. The molecule has 1 aromatic carbocycles. The molecule has 0 fully saturated rings. The zero-order valence-corrected chi connectivity index (χ0v) is 13.5. The molecule has 0 heterocycles. The van der Waals surface area contributed by atoms with E-state index in [2.05, 4.69) is 22.9 Å². The SMILES string of the molecule is CCCCOCC(O)COc1ccc(Br)cc1C(C)=O. The van der Waals surface area contributed by atoms with E-state index in [1.54, 1.807) is 18.2 Å². The zero-order chi connectivity index (χ0) is 15.0. The van der Waals surface area contributed by atoms with Gasteiger partial charge in [0, 0.05) is 11.1 Å². The van der Waals surface area contributed by atoms with E-state index in [0.717, 1.165) is 17.3 Å². The molecular formula is C15H21BrO4. The van der Waals surface area contributed by atoms with Crippen molar-refractivity contribution in [2.75, 3.05) is 19.8 Å². The lowest BCUT2D eigenvalue weighted by Gasteiger charge is -2.14. The molecule has 4 nitrogen and oxygen atoms in total. The number of hydrogen-bond acceptors (Lipinski definition) is 4. The van der Waals surface area contributed by atoms with Crippen molar-refractivity contribution in [2.45, 2.75) is 32.8 Å². The van der Waals surface area contributed by atoms with Crippen LogP contribution in [-0.4, -0.2) is 36.8 Å². The third-order valence-corrected chi connectivity index (χ3v) is 3.20. The maximum atomic E-state index is 11.5. The molecule has 0 spiro atoms. The van der Waals surface area contributed by atoms with Crippen LogP contribution in [0, 0.1) is 0 Å². The average molecular weight is 345 g/mol. The Morgan fingerprint density at radius 2 is 2.15 bits per heavy atom. The summed E-state index contributed by atoms with van der Waals surface area (Å²) in [6, 6.07) is 5.22. The number of rotatable bonds is 9. The molecule has 0 radical (unpaired) electrons. The van der Waals surface area contributed by atoms with Crippen LogP contribution in [0.2, 0.25) is 0 Å². The average Bonchev–Trinajstić information content (AvgIpc) is 2.42. The largest absolute Gasteiger partial charge is 0.490 e. The van der Waals surface area contributed by atoms with E-state index in [9.17, 15) is 9.90 Å². The lowest BCUT2D eigenvalue weighted by atomic mass is 10.1. The Morgan fingerprint density at radius 1 is 1.40 bits per heavy atom. The Balaban J connectivity index is 2.46. The van der Waals surface area contributed by atoms with Crippen molar-refractivity contribution in [3.8, 4) is 5.75 Å². The maximum absolute atomic E-state index is 11.5. The molecule has 0 aliphatic heterocycles. The van der Waals surface area contributed by atoms with Gasteiger partial charge in [-0.3, -0.25) is 4.79 Å². The smallest absolute Gasteiger partial charge is 0.163 e. The van der Waals surface area contributed by atoms with Gasteiger partial charge in [0.1, 0.15) is 18.5 Å². The Kier molecular flexibility index (Phi) is 7.80. The van der Waals surface area contributed by atoms with Crippen molar-refractivity contribution >= 4 is 21.7 Å². The Hall–Kier alpha value is -0.910. The summed E-state index contributed by atoms with van der Waals surface area (Å²) in [4.78, 5) is 11.5. The lowest BCUT2D eigenvalue weighted by Crippen LogP contribution is -2.24. The Labute approximate surface area is 128 Å². The highest BCUT2D eigenvalue weighted by molar-refractivity contribution is 9.10. The number of unbranched alkanes of at least 4 members (excludes halogenated alkanes) is 1. The van der Waals surface area contributed by atoms with Gasteiger partial charge in [-0.05, 0) is 31.5 Å². The molecule has 0 aliphatic carbocycles. The number of halogens is 1. The van der Waals surface area contributed by atoms with Crippen LogP contribution in [0.3, 0.4) is 0 Å². The van der Waals surface area contributed by atoms with Crippen molar-refractivity contribution in [3.05, 3.63) is 28.2 Å². The molecule has 1 unspecified atom stereocenters. The van der Waals surface area contributed by atoms with Gasteiger partial charge in [-0.15, -0.1) is 0 Å². The highest BCUT2D eigenvalue weighted by atomic mass is 79.9. The molecule has 1 atom stereocenters. The molecule has 0 amide bonds. The van der Waals surface area contributed by atoms with Crippen LogP contribution in [0.1, 0.15) is 37.0 Å². The summed E-state index contributed by atoms with van der Waals surface area (Å²) in [6.45, 7) is 4.56. The van der Waals surface area contributed by atoms with Gasteiger partial charge in [-0.1, -0.05) is 29.3 Å². The molecule has 1 aromatic rings. The van der Waals surface area contributed by atoms with E-state index >= 15 is 0 Å². The van der Waals surface area contributed by atoms with Crippen molar-refractivity contribution in [1.82, 2.24) is 0 Å². The third kappa shape index (κ3) is 6.03. The fraction of sp³-hybridized carbons (Fsp3) is 0.533. The van der Waals surface area contributed by atoms with Crippen LogP contribution >= 0.6 is 15.9 Å². The Morgan fingerprint density at radius 3 is 2.80 bits per heavy atom. The fourth-order valence-electron chi connectivity index (χ4n) is 1.60. The summed E-state index contributed by atoms with van der Waals surface area (Å²) in [5, 5.41) is 9.75. The minimum atomic E-state index is -0.699. The molecular weight excluding hydrogens is 324 g/mol. The normalized spacial score (nSPS) is 12.2. The minimum absolute atomic E-state index is 0.0741. The third-order valence-electron chi connectivity index (χ3n) is 2.70. The number of Topliss-reactive ketones (excluding diaryl/α,β-unsaturated/α-hetero) is 1. The van der Waals surface area contributed by atoms with Gasteiger partial charge < -0.3 is 14.6 Å². The molecule has 0 saturated carbocycles. The number of ketones is 1. The first kappa shape index (κ1) is 17.1. The predicted octanol–water partition coefficient (Wildman–Crippen LogP) is 3.21. The summed E-state index contributed by atoms with van der Waals surface area (Å²) in [5.41, 5.74) is 0.499. The van der Waals surface area contributed by atoms with E-state index in [0.29, 0.717) is 17.9 Å². The number of aliphatic hydroxyl groups excluding tert-OH is 1. The first-order chi connectivity index (χ1) is 9.54. The van der Waals surface area contributed by atoms with E-state index in [1.807, 2.05) is 0 Å². The van der Waals surface area contributed by atoms with Gasteiger partial charge in [-0.25, -0.2) is 0 Å². The molecule has 20 heavy (non-hydrogen) atoms. The molecule has 1 rings (SSSR count). The molecule has 112 valence electrons. The number of hydrogen-bond donors (Lipinski definition) is 1. The highest BCUT2D eigenvalue weighted by Crippen LogP contribution is 2.23. The summed E-state index contributed by atoms with van der Waals surface area (Å²) in [6.07, 6.45) is 1.35. The van der Waals surface area contributed by atoms with Gasteiger partial charge in [0.2, 0.25) is 0 Å². The van der Waals surface area contributed by atoms with E-state index in [4.69, 9.17) is 9.47 Å². The fourth-order valence-corrected chi connectivity index (χ4v) is 1.96. The zero-order valence-electron chi connectivity index (χ0n) is 11.9. The van der Waals surface area contributed by atoms with Gasteiger partial charge in [-0.2, -0.15) is 0 Å². The van der Waals surface area contributed by atoms with Crippen LogP contribution < -0.4 is 4.74 Å². The van der Waals surface area contributed by atoms with E-state index in [1.165, 1.54) is 6.92 Å². The van der Waals surface area contributed by atoms with Crippen molar-refractivity contribution < 1.29 is 19.4 Å². The second kappa shape index (κ2) is 9.10. The molecule has 0 aliphatic rings. The van der Waals surface area contributed by atoms with Crippen LogP contribution in [0.5, 0.6) is 5.75 Å². The van der Waals surface area contributed by atoms with E-state index < -0.39 is 6.10 Å². The number of benzene rings is 1. The van der Waals surface area contributed by atoms with E-state index in [-0.39, 0.29) is 19.0 Å². The molecule has 0 bridgehead atoms. The minimum Gasteiger partial charge on any atom is -0.490 e. The second-order valence-corrected chi connectivity index (χ2v) is 5.51. The van der Waals surface area contributed by atoms with Gasteiger partial charge >= 0.3 is 0 Å². The van der Waals surface area contributed by atoms with Crippen LogP contribution in [0.15, 0.2) is 22.7 Å². The van der Waals surface area contributed by atoms with Gasteiger partial charge in [0.15, 0.2) is 5.78 Å². The van der Waals surface area contributed by atoms with Crippen LogP contribution in [-0.2, 0) is 4.74 Å². The molecule has 0 aromatic heterocycles. The lowest BCUT2D eigenvalue weighted by molar-refractivity contribution is 0.0111. The molecule has 5 heteroatoms. The summed E-state index contributed by atoms with van der Waals surface area (Å²) in [7, 11) is 0. The number of ether oxygens (including phenoxy) is 2. The molecule has 1 N–H and O–H groups in total. The first-order valence-electron chi connectivity index (χ1n) is 6.73. The van der Waals surface area contributed by atoms with Crippen molar-refractivity contribution in [2.24, 2.45) is 0 Å². The summed E-state index contributed by atoms with van der Waals surface area (Å²) >= 11 is 3.32. The monoisotopic (exact) mass is 344 g/mol. The second-order valence-electron chi connectivity index (χ2n) is 4.59. The number of aliphatic hydroxyl groups is 1. The highest BCUT2D eigenvalue weighted by Gasteiger charge is 2.11. The number of carbonyl (C=O) groups excluding carboxylic acids is 1. The number of carbonyl (C=O) groups is 1. The van der Waals surface area contributed by atoms with Gasteiger partial charge in [0.05, 0.1) is 12.2 Å². The maximum Gasteiger partial charge on any atom is 0.163 e. The van der Waals surface area contributed by atoms with Crippen LogP contribution in [0.4, 0.5) is 0 Å². The molecule has 0 saturated heterocycles. The van der Waals surface area contributed by atoms with Crippen LogP contribution in [0.25, 0.3) is 0 Å². The standard InChI is InChI=1S/C15H21BrO4/c1-3-4-7-19-9-13(18)10-20-15-6-5-12(16)8-14(15)11(2)17/h5-6,8,13,18H,3-4,7,9-10H2,1-2H3. The first-order valence-corrected chi connectivity index (χ1v) is 7.53. The van der Waals surface area contributed by atoms with Crippen molar-refractivity contribution in [1.29, 1.82) is 0 Å². The summed E-state index contributed by atoms with van der Waals surface area (Å²) in [5.74, 6) is 0.406. The quantitative estimate of drug-likeness (QED) is 0.552. The Bertz CT molecular complexity index is 434. The summed E-state index contributed by atoms with van der Waals surface area (Å²) < 4.78 is 11.6.